The van der Waals surface area contributed by atoms with Gasteiger partial charge in [0, 0.05) is 6.54 Å². The molecule has 0 spiro atoms. The quantitative estimate of drug-likeness (QED) is 0.776. The second-order valence-electron chi connectivity index (χ2n) is 4.48. The van der Waals surface area contributed by atoms with E-state index in [1.807, 2.05) is 31.2 Å². The lowest BCUT2D eigenvalue weighted by Gasteiger charge is -2.13. The number of hydrogen-bond donors (Lipinski definition) is 2. The maximum atomic E-state index is 9.90. The summed E-state index contributed by atoms with van der Waals surface area (Å²) in [7, 11) is 0. The van der Waals surface area contributed by atoms with Gasteiger partial charge in [-0.2, -0.15) is 0 Å². The van der Waals surface area contributed by atoms with E-state index in [4.69, 9.17) is 0 Å². The summed E-state index contributed by atoms with van der Waals surface area (Å²) in [5, 5.41) is 13.1. The Bertz CT molecular complexity index is 296. The lowest BCUT2D eigenvalue weighted by molar-refractivity contribution is 0.173. The fourth-order valence-electron chi connectivity index (χ4n) is 1.50. The van der Waals surface area contributed by atoms with Gasteiger partial charge in [-0.25, -0.2) is 0 Å². The summed E-state index contributed by atoms with van der Waals surface area (Å²) in [5.74, 6) is 0.620. The Kier molecular flexibility index (Phi) is 4.79. The van der Waals surface area contributed by atoms with Crippen molar-refractivity contribution in [2.45, 2.75) is 26.9 Å². The van der Waals surface area contributed by atoms with Crippen LogP contribution in [0.2, 0.25) is 0 Å². The normalized spacial score (nSPS) is 13.1. The minimum absolute atomic E-state index is 0.399. The van der Waals surface area contributed by atoms with Crippen LogP contribution in [0, 0.1) is 12.8 Å². The summed E-state index contributed by atoms with van der Waals surface area (Å²) in [6.07, 6.45) is -0.399. The van der Waals surface area contributed by atoms with Crippen molar-refractivity contribution in [3.8, 4) is 0 Å². The predicted molar refractivity (Wildman–Crippen MR) is 63.8 cm³/mol. The highest BCUT2D eigenvalue weighted by atomic mass is 16.3. The molecule has 15 heavy (non-hydrogen) atoms. The van der Waals surface area contributed by atoms with Crippen LogP contribution in [0.4, 0.5) is 0 Å². The van der Waals surface area contributed by atoms with E-state index in [-0.39, 0.29) is 0 Å². The van der Waals surface area contributed by atoms with Crippen molar-refractivity contribution in [2.24, 2.45) is 5.92 Å². The summed E-state index contributed by atoms with van der Waals surface area (Å²) >= 11 is 0. The first kappa shape index (κ1) is 12.2. The molecule has 1 atom stereocenters. The highest BCUT2D eigenvalue weighted by Gasteiger charge is 2.06. The molecule has 0 aliphatic heterocycles. The van der Waals surface area contributed by atoms with Crippen LogP contribution in [0.1, 0.15) is 31.1 Å². The Morgan fingerprint density at radius 3 is 2.60 bits per heavy atom. The third-order valence-electron chi connectivity index (χ3n) is 2.32. The topological polar surface area (TPSA) is 32.3 Å². The Hall–Kier alpha value is -0.860. The van der Waals surface area contributed by atoms with Gasteiger partial charge in [0.1, 0.15) is 0 Å². The van der Waals surface area contributed by atoms with Crippen LogP contribution < -0.4 is 5.32 Å². The third-order valence-corrected chi connectivity index (χ3v) is 2.32. The molecule has 0 aliphatic rings. The van der Waals surface area contributed by atoms with Gasteiger partial charge < -0.3 is 10.4 Å². The number of hydrogen-bond acceptors (Lipinski definition) is 2. The van der Waals surface area contributed by atoms with Gasteiger partial charge in [0.15, 0.2) is 0 Å². The van der Waals surface area contributed by atoms with E-state index in [1.54, 1.807) is 0 Å². The van der Waals surface area contributed by atoms with Gasteiger partial charge in [0.2, 0.25) is 0 Å². The van der Waals surface area contributed by atoms with Gasteiger partial charge in [-0.1, -0.05) is 43.7 Å². The van der Waals surface area contributed by atoms with Crippen LogP contribution in [0.5, 0.6) is 0 Å². The molecule has 0 saturated heterocycles. The van der Waals surface area contributed by atoms with Crippen LogP contribution in [0.15, 0.2) is 24.3 Å². The van der Waals surface area contributed by atoms with Gasteiger partial charge >= 0.3 is 0 Å². The monoisotopic (exact) mass is 207 g/mol. The van der Waals surface area contributed by atoms with Gasteiger partial charge in [-0.05, 0) is 24.9 Å². The molecule has 1 aromatic carbocycles. The van der Waals surface area contributed by atoms with Crippen LogP contribution in [-0.4, -0.2) is 18.2 Å². The maximum Gasteiger partial charge on any atom is 0.0914 e. The first-order valence-corrected chi connectivity index (χ1v) is 5.55. The highest BCUT2D eigenvalue weighted by molar-refractivity contribution is 5.24. The Labute approximate surface area is 92.3 Å². The zero-order valence-electron chi connectivity index (χ0n) is 9.83. The Morgan fingerprint density at radius 1 is 1.27 bits per heavy atom. The molecule has 0 aromatic heterocycles. The zero-order chi connectivity index (χ0) is 11.3. The van der Waals surface area contributed by atoms with Crippen LogP contribution in [0.3, 0.4) is 0 Å². The molecule has 0 radical (unpaired) electrons. The molecule has 0 bridgehead atoms. The predicted octanol–water partition coefficient (Wildman–Crippen LogP) is 2.27. The largest absolute Gasteiger partial charge is 0.387 e. The van der Waals surface area contributed by atoms with Gasteiger partial charge in [0.25, 0.3) is 0 Å². The molecule has 2 N–H and O–H groups in total. The molecule has 2 nitrogen and oxygen atoms in total. The van der Waals surface area contributed by atoms with Gasteiger partial charge in [-0.3, -0.25) is 0 Å². The lowest BCUT2D eigenvalue weighted by Crippen LogP contribution is -2.25. The fourth-order valence-corrected chi connectivity index (χ4v) is 1.50. The highest BCUT2D eigenvalue weighted by Crippen LogP contribution is 2.13. The number of nitrogens with one attached hydrogen (secondary N) is 1. The SMILES string of the molecule is Cc1cccc(C(O)CNCC(C)C)c1. The summed E-state index contributed by atoms with van der Waals surface area (Å²) in [5.41, 5.74) is 2.18. The molecule has 84 valence electrons. The second-order valence-corrected chi connectivity index (χ2v) is 4.48. The van der Waals surface area contributed by atoms with Crippen molar-refractivity contribution < 1.29 is 5.11 Å². The molecule has 0 amide bonds. The standard InChI is InChI=1S/C13H21NO/c1-10(2)8-14-9-13(15)12-6-4-5-11(3)7-12/h4-7,10,13-15H,8-9H2,1-3H3. The van der Waals surface area contributed by atoms with E-state index in [2.05, 4.69) is 19.2 Å². The summed E-state index contributed by atoms with van der Waals surface area (Å²) in [4.78, 5) is 0. The smallest absolute Gasteiger partial charge is 0.0914 e. The number of benzene rings is 1. The molecule has 1 aromatic rings. The van der Waals surface area contributed by atoms with E-state index >= 15 is 0 Å². The van der Waals surface area contributed by atoms with E-state index < -0.39 is 6.10 Å². The van der Waals surface area contributed by atoms with Crippen molar-refractivity contribution in [3.05, 3.63) is 35.4 Å². The molecule has 0 aliphatic carbocycles. The fraction of sp³-hybridized carbons (Fsp3) is 0.538. The molecular weight excluding hydrogens is 186 g/mol. The number of aliphatic hydroxyl groups is 1. The second kappa shape index (κ2) is 5.89. The third kappa shape index (κ3) is 4.45. The van der Waals surface area contributed by atoms with Crippen molar-refractivity contribution in [1.29, 1.82) is 0 Å². The first-order valence-electron chi connectivity index (χ1n) is 5.55. The molecule has 1 unspecified atom stereocenters. The van der Waals surface area contributed by atoms with E-state index in [1.165, 1.54) is 5.56 Å². The average molecular weight is 207 g/mol. The van der Waals surface area contributed by atoms with Gasteiger partial charge in [0.05, 0.1) is 6.10 Å². The van der Waals surface area contributed by atoms with Crippen LogP contribution >= 0.6 is 0 Å². The summed E-state index contributed by atoms with van der Waals surface area (Å²) < 4.78 is 0. The summed E-state index contributed by atoms with van der Waals surface area (Å²) in [6.45, 7) is 7.93. The molecule has 0 heterocycles. The van der Waals surface area contributed by atoms with Crippen molar-refractivity contribution in [1.82, 2.24) is 5.32 Å². The summed E-state index contributed by atoms with van der Waals surface area (Å²) in [6, 6.07) is 8.02. The number of aliphatic hydroxyl groups excluding tert-OH is 1. The van der Waals surface area contributed by atoms with E-state index in [9.17, 15) is 5.11 Å². The van der Waals surface area contributed by atoms with Crippen molar-refractivity contribution in [2.75, 3.05) is 13.1 Å². The minimum atomic E-state index is -0.399. The number of aryl methyl sites for hydroxylation is 1. The Morgan fingerprint density at radius 2 is 2.00 bits per heavy atom. The number of rotatable bonds is 5. The molecular formula is C13H21NO. The minimum Gasteiger partial charge on any atom is -0.387 e. The van der Waals surface area contributed by atoms with Gasteiger partial charge in [-0.15, -0.1) is 0 Å². The average Bonchev–Trinajstić information content (AvgIpc) is 2.17. The van der Waals surface area contributed by atoms with Crippen LogP contribution in [0.25, 0.3) is 0 Å². The zero-order valence-corrected chi connectivity index (χ0v) is 9.83. The molecule has 1 rings (SSSR count). The van der Waals surface area contributed by atoms with E-state index in [0.717, 1.165) is 12.1 Å². The van der Waals surface area contributed by atoms with E-state index in [0.29, 0.717) is 12.5 Å². The first-order chi connectivity index (χ1) is 7.09. The molecule has 0 saturated carbocycles. The lowest BCUT2D eigenvalue weighted by atomic mass is 10.1. The van der Waals surface area contributed by atoms with Crippen molar-refractivity contribution in [3.63, 3.8) is 0 Å². The van der Waals surface area contributed by atoms with Crippen LogP contribution in [-0.2, 0) is 0 Å². The van der Waals surface area contributed by atoms with Crippen molar-refractivity contribution >= 4 is 0 Å². The maximum absolute atomic E-state index is 9.90. The Balaban J connectivity index is 2.43. The molecule has 2 heteroatoms. The molecule has 0 fully saturated rings.